The molecule has 0 aromatic carbocycles. The predicted molar refractivity (Wildman–Crippen MR) is 45.3 cm³/mol. The fourth-order valence-electron chi connectivity index (χ4n) is 1.08. The zero-order valence-electron chi connectivity index (χ0n) is 7.72. The van der Waals surface area contributed by atoms with Crippen LogP contribution in [-0.2, 0) is 9.53 Å². The number of cyclic esters (lactones) is 1. The van der Waals surface area contributed by atoms with Crippen molar-refractivity contribution in [2.24, 2.45) is 5.92 Å². The third-order valence-electron chi connectivity index (χ3n) is 1.82. The summed E-state index contributed by atoms with van der Waals surface area (Å²) in [4.78, 5) is 10.6. The van der Waals surface area contributed by atoms with Crippen LogP contribution in [0, 0.1) is 5.92 Å². The Hall–Kier alpha value is -0.530. The molecule has 1 unspecified atom stereocenters. The molecule has 1 aliphatic rings. The van der Waals surface area contributed by atoms with Crippen LogP contribution in [-0.4, -0.2) is 12.6 Å². The number of rotatable bonds is 1. The minimum atomic E-state index is -0.0203. The standard InChI is InChI=1S/C7H12O2.C2H6/c1-2-6-3-4-9-7(8)5-6;1-2/h6H,2-5H2,1H3;1-2H3. The Bertz CT molecular complexity index is 110. The lowest BCUT2D eigenvalue weighted by Gasteiger charge is -2.18. The van der Waals surface area contributed by atoms with E-state index in [2.05, 4.69) is 6.92 Å². The fourth-order valence-corrected chi connectivity index (χ4v) is 1.08. The van der Waals surface area contributed by atoms with E-state index in [-0.39, 0.29) is 5.97 Å². The molecule has 1 aliphatic heterocycles. The van der Waals surface area contributed by atoms with E-state index in [0.717, 1.165) is 12.8 Å². The first-order valence-corrected chi connectivity index (χ1v) is 4.48. The van der Waals surface area contributed by atoms with Crippen LogP contribution in [0.4, 0.5) is 0 Å². The maximum absolute atomic E-state index is 10.6. The molecule has 1 heterocycles. The Kier molecular flexibility index (Phi) is 5.90. The van der Waals surface area contributed by atoms with Gasteiger partial charge in [-0.15, -0.1) is 0 Å². The van der Waals surface area contributed by atoms with Gasteiger partial charge in [-0.2, -0.15) is 0 Å². The number of carbonyl (C=O) groups is 1. The molecule has 2 heteroatoms. The average Bonchev–Trinajstić information content (AvgIpc) is 2.08. The average molecular weight is 158 g/mol. The molecule has 0 spiro atoms. The van der Waals surface area contributed by atoms with E-state index in [4.69, 9.17) is 4.74 Å². The zero-order chi connectivity index (χ0) is 8.69. The summed E-state index contributed by atoms with van der Waals surface area (Å²) < 4.78 is 4.77. The van der Waals surface area contributed by atoms with Crippen LogP contribution < -0.4 is 0 Å². The molecular formula is C9H18O2. The number of ether oxygens (including phenoxy) is 1. The van der Waals surface area contributed by atoms with Gasteiger partial charge in [0.15, 0.2) is 0 Å². The molecule has 0 bridgehead atoms. The van der Waals surface area contributed by atoms with Crippen LogP contribution >= 0.6 is 0 Å². The van der Waals surface area contributed by atoms with Crippen LogP contribution in [0.15, 0.2) is 0 Å². The van der Waals surface area contributed by atoms with Gasteiger partial charge < -0.3 is 4.74 Å². The highest BCUT2D eigenvalue weighted by molar-refractivity contribution is 5.70. The molecule has 0 aliphatic carbocycles. The first kappa shape index (κ1) is 10.5. The third kappa shape index (κ3) is 4.02. The molecule has 1 fully saturated rings. The summed E-state index contributed by atoms with van der Waals surface area (Å²) in [6, 6.07) is 0. The van der Waals surface area contributed by atoms with E-state index in [1.54, 1.807) is 0 Å². The number of carbonyl (C=O) groups excluding carboxylic acids is 1. The second-order valence-electron chi connectivity index (χ2n) is 2.49. The smallest absolute Gasteiger partial charge is 0.306 e. The van der Waals surface area contributed by atoms with Crippen molar-refractivity contribution in [3.8, 4) is 0 Å². The van der Waals surface area contributed by atoms with Gasteiger partial charge in [0, 0.05) is 6.42 Å². The number of esters is 1. The summed E-state index contributed by atoms with van der Waals surface area (Å²) in [5.74, 6) is 0.569. The Morgan fingerprint density at radius 3 is 2.55 bits per heavy atom. The van der Waals surface area contributed by atoms with Crippen molar-refractivity contribution in [3.63, 3.8) is 0 Å². The van der Waals surface area contributed by atoms with Crippen molar-refractivity contribution < 1.29 is 9.53 Å². The molecule has 66 valence electrons. The monoisotopic (exact) mass is 158 g/mol. The highest BCUT2D eigenvalue weighted by atomic mass is 16.5. The normalized spacial score (nSPS) is 23.2. The summed E-state index contributed by atoms with van der Waals surface area (Å²) in [5, 5.41) is 0. The van der Waals surface area contributed by atoms with E-state index >= 15 is 0 Å². The molecule has 0 saturated carbocycles. The zero-order valence-corrected chi connectivity index (χ0v) is 7.72. The van der Waals surface area contributed by atoms with Crippen molar-refractivity contribution in [3.05, 3.63) is 0 Å². The summed E-state index contributed by atoms with van der Waals surface area (Å²) in [6.07, 6.45) is 2.80. The van der Waals surface area contributed by atoms with Crippen molar-refractivity contribution >= 4 is 5.97 Å². The Morgan fingerprint density at radius 2 is 2.18 bits per heavy atom. The maximum Gasteiger partial charge on any atom is 0.306 e. The third-order valence-corrected chi connectivity index (χ3v) is 1.82. The molecule has 1 saturated heterocycles. The van der Waals surface area contributed by atoms with Crippen LogP contribution in [0.2, 0.25) is 0 Å². The van der Waals surface area contributed by atoms with Gasteiger partial charge in [0.25, 0.3) is 0 Å². The van der Waals surface area contributed by atoms with Gasteiger partial charge in [0.2, 0.25) is 0 Å². The van der Waals surface area contributed by atoms with Crippen LogP contribution in [0.1, 0.15) is 40.0 Å². The van der Waals surface area contributed by atoms with Gasteiger partial charge in [-0.25, -0.2) is 0 Å². The van der Waals surface area contributed by atoms with Gasteiger partial charge in [0.05, 0.1) is 6.61 Å². The molecule has 11 heavy (non-hydrogen) atoms. The summed E-state index contributed by atoms with van der Waals surface area (Å²) in [6.45, 7) is 6.75. The lowest BCUT2D eigenvalue weighted by molar-refractivity contribution is -0.149. The minimum Gasteiger partial charge on any atom is -0.466 e. The first-order valence-electron chi connectivity index (χ1n) is 4.48. The Morgan fingerprint density at radius 1 is 1.55 bits per heavy atom. The molecule has 2 nitrogen and oxygen atoms in total. The quantitative estimate of drug-likeness (QED) is 0.548. The van der Waals surface area contributed by atoms with Crippen molar-refractivity contribution in [1.82, 2.24) is 0 Å². The van der Waals surface area contributed by atoms with E-state index in [0.29, 0.717) is 18.9 Å². The minimum absolute atomic E-state index is 0.0203. The van der Waals surface area contributed by atoms with Crippen molar-refractivity contribution in [2.75, 3.05) is 6.61 Å². The molecule has 0 N–H and O–H groups in total. The molecular weight excluding hydrogens is 140 g/mol. The van der Waals surface area contributed by atoms with E-state index in [1.807, 2.05) is 13.8 Å². The lowest BCUT2D eigenvalue weighted by Crippen LogP contribution is -2.19. The van der Waals surface area contributed by atoms with Crippen LogP contribution in [0.5, 0.6) is 0 Å². The Labute approximate surface area is 68.9 Å². The van der Waals surface area contributed by atoms with E-state index in [9.17, 15) is 4.79 Å². The molecule has 0 radical (unpaired) electrons. The molecule has 1 atom stereocenters. The highest BCUT2D eigenvalue weighted by Crippen LogP contribution is 2.18. The molecule has 0 aromatic rings. The number of hydrogen-bond donors (Lipinski definition) is 0. The van der Waals surface area contributed by atoms with E-state index < -0.39 is 0 Å². The summed E-state index contributed by atoms with van der Waals surface area (Å²) >= 11 is 0. The van der Waals surface area contributed by atoms with Gasteiger partial charge in [-0.1, -0.05) is 27.2 Å². The van der Waals surface area contributed by atoms with Crippen LogP contribution in [0.25, 0.3) is 0 Å². The SMILES string of the molecule is CC.CCC1CCOC(=O)C1. The van der Waals surface area contributed by atoms with E-state index in [1.165, 1.54) is 0 Å². The first-order chi connectivity index (χ1) is 5.33. The fraction of sp³-hybridized carbons (Fsp3) is 0.889. The summed E-state index contributed by atoms with van der Waals surface area (Å²) in [5.41, 5.74) is 0. The maximum atomic E-state index is 10.6. The van der Waals surface area contributed by atoms with Crippen molar-refractivity contribution in [2.45, 2.75) is 40.0 Å². The highest BCUT2D eigenvalue weighted by Gasteiger charge is 2.18. The predicted octanol–water partition coefficient (Wildman–Crippen LogP) is 2.38. The second kappa shape index (κ2) is 6.20. The molecule has 1 rings (SSSR count). The topological polar surface area (TPSA) is 26.3 Å². The Balaban J connectivity index is 0.000000461. The molecule has 0 amide bonds. The molecule has 0 aromatic heterocycles. The van der Waals surface area contributed by atoms with Gasteiger partial charge in [0.1, 0.15) is 0 Å². The van der Waals surface area contributed by atoms with Crippen LogP contribution in [0.3, 0.4) is 0 Å². The lowest BCUT2D eigenvalue weighted by atomic mass is 9.97. The summed E-state index contributed by atoms with van der Waals surface area (Å²) in [7, 11) is 0. The van der Waals surface area contributed by atoms with Gasteiger partial charge in [-0.05, 0) is 12.3 Å². The largest absolute Gasteiger partial charge is 0.466 e. The number of hydrogen-bond acceptors (Lipinski definition) is 2. The van der Waals surface area contributed by atoms with Gasteiger partial charge >= 0.3 is 5.97 Å². The van der Waals surface area contributed by atoms with Crippen molar-refractivity contribution in [1.29, 1.82) is 0 Å². The van der Waals surface area contributed by atoms with Gasteiger partial charge in [-0.3, -0.25) is 4.79 Å². The second-order valence-corrected chi connectivity index (χ2v) is 2.49.